The number of aliphatic hydroxyl groups is 1. The molecule has 0 aliphatic rings. The van der Waals surface area contributed by atoms with Crippen molar-refractivity contribution in [3.05, 3.63) is 29.3 Å². The average Bonchev–Trinajstić information content (AvgIpc) is 2.30. The van der Waals surface area contributed by atoms with Gasteiger partial charge >= 0.3 is 0 Å². The molecule has 0 bridgehead atoms. The summed E-state index contributed by atoms with van der Waals surface area (Å²) >= 11 is 0. The first-order valence-electron chi connectivity index (χ1n) is 5.73. The number of amides is 1. The van der Waals surface area contributed by atoms with Crippen LogP contribution in [0.4, 0.5) is 0 Å². The third-order valence-electron chi connectivity index (χ3n) is 2.69. The SMILES string of the molecule is Cc1cc(C(=O)NCC(C)CCO)ccc1O. The molecule has 0 saturated heterocycles. The van der Waals surface area contributed by atoms with Gasteiger partial charge in [-0.1, -0.05) is 6.92 Å². The Morgan fingerprint density at radius 2 is 2.18 bits per heavy atom. The van der Waals surface area contributed by atoms with Gasteiger partial charge in [0.2, 0.25) is 0 Å². The monoisotopic (exact) mass is 237 g/mol. The highest BCUT2D eigenvalue weighted by Gasteiger charge is 2.08. The lowest BCUT2D eigenvalue weighted by Crippen LogP contribution is -2.28. The molecule has 1 rings (SSSR count). The van der Waals surface area contributed by atoms with Crippen LogP contribution >= 0.6 is 0 Å². The van der Waals surface area contributed by atoms with Crippen LogP contribution in [0.25, 0.3) is 0 Å². The summed E-state index contributed by atoms with van der Waals surface area (Å²) in [5.74, 6) is 0.287. The maximum atomic E-state index is 11.8. The molecule has 0 aliphatic carbocycles. The fourth-order valence-electron chi connectivity index (χ4n) is 1.49. The van der Waals surface area contributed by atoms with Crippen molar-refractivity contribution in [2.24, 2.45) is 5.92 Å². The molecule has 0 aromatic heterocycles. The second kappa shape index (κ2) is 6.25. The maximum absolute atomic E-state index is 11.8. The second-order valence-electron chi connectivity index (χ2n) is 4.33. The van der Waals surface area contributed by atoms with Crippen LogP contribution in [0.15, 0.2) is 18.2 Å². The summed E-state index contributed by atoms with van der Waals surface area (Å²) in [6.07, 6.45) is 0.675. The summed E-state index contributed by atoms with van der Waals surface area (Å²) in [5, 5.41) is 20.9. The molecule has 1 unspecified atom stereocenters. The van der Waals surface area contributed by atoms with E-state index in [0.29, 0.717) is 24.1 Å². The molecule has 4 nitrogen and oxygen atoms in total. The van der Waals surface area contributed by atoms with E-state index in [-0.39, 0.29) is 24.2 Å². The van der Waals surface area contributed by atoms with Crippen molar-refractivity contribution in [3.8, 4) is 5.75 Å². The number of carbonyl (C=O) groups is 1. The number of benzene rings is 1. The van der Waals surface area contributed by atoms with Crippen molar-refractivity contribution in [2.45, 2.75) is 20.3 Å². The Morgan fingerprint density at radius 3 is 2.76 bits per heavy atom. The lowest BCUT2D eigenvalue weighted by Gasteiger charge is -2.11. The normalized spacial score (nSPS) is 12.2. The van der Waals surface area contributed by atoms with E-state index >= 15 is 0 Å². The largest absolute Gasteiger partial charge is 0.508 e. The van der Waals surface area contributed by atoms with Gasteiger partial charge < -0.3 is 15.5 Å². The number of aromatic hydroxyl groups is 1. The van der Waals surface area contributed by atoms with E-state index in [4.69, 9.17) is 5.11 Å². The summed E-state index contributed by atoms with van der Waals surface area (Å²) < 4.78 is 0. The highest BCUT2D eigenvalue weighted by Crippen LogP contribution is 2.16. The molecule has 1 aromatic carbocycles. The summed E-state index contributed by atoms with van der Waals surface area (Å²) in [7, 11) is 0. The first kappa shape index (κ1) is 13.5. The molecule has 1 atom stereocenters. The zero-order chi connectivity index (χ0) is 12.8. The summed E-state index contributed by atoms with van der Waals surface area (Å²) in [5.41, 5.74) is 1.22. The van der Waals surface area contributed by atoms with Gasteiger partial charge in [0.05, 0.1) is 0 Å². The van der Waals surface area contributed by atoms with Crippen LogP contribution in [0, 0.1) is 12.8 Å². The lowest BCUT2D eigenvalue weighted by molar-refractivity contribution is 0.0945. The number of rotatable bonds is 5. The van der Waals surface area contributed by atoms with Gasteiger partial charge in [0, 0.05) is 18.7 Å². The minimum atomic E-state index is -0.155. The molecule has 3 N–H and O–H groups in total. The highest BCUT2D eigenvalue weighted by molar-refractivity contribution is 5.94. The lowest BCUT2D eigenvalue weighted by atomic mass is 10.1. The van der Waals surface area contributed by atoms with E-state index < -0.39 is 0 Å². The van der Waals surface area contributed by atoms with E-state index in [1.165, 1.54) is 6.07 Å². The Bertz CT molecular complexity index is 390. The van der Waals surface area contributed by atoms with Crippen molar-refractivity contribution in [1.29, 1.82) is 0 Å². The molecule has 0 heterocycles. The fraction of sp³-hybridized carbons (Fsp3) is 0.462. The molecule has 0 spiro atoms. The standard InChI is InChI=1S/C13H19NO3/c1-9(5-6-15)8-14-13(17)11-3-4-12(16)10(2)7-11/h3-4,7,9,15-16H,5-6,8H2,1-2H3,(H,14,17). The molecule has 4 heteroatoms. The predicted molar refractivity (Wildman–Crippen MR) is 66.0 cm³/mol. The van der Waals surface area contributed by atoms with Crippen LogP contribution in [-0.4, -0.2) is 29.3 Å². The van der Waals surface area contributed by atoms with Gasteiger partial charge in [-0.15, -0.1) is 0 Å². The molecule has 94 valence electrons. The molecular formula is C13H19NO3. The number of aryl methyl sites for hydroxylation is 1. The van der Waals surface area contributed by atoms with E-state index in [9.17, 15) is 9.90 Å². The Hall–Kier alpha value is -1.55. The molecule has 0 radical (unpaired) electrons. The zero-order valence-electron chi connectivity index (χ0n) is 10.2. The third kappa shape index (κ3) is 4.07. The van der Waals surface area contributed by atoms with Crippen LogP contribution in [0.1, 0.15) is 29.3 Å². The van der Waals surface area contributed by atoms with Crippen molar-refractivity contribution in [3.63, 3.8) is 0 Å². The highest BCUT2D eigenvalue weighted by atomic mass is 16.3. The van der Waals surface area contributed by atoms with Crippen LogP contribution < -0.4 is 5.32 Å². The first-order valence-corrected chi connectivity index (χ1v) is 5.73. The summed E-state index contributed by atoms with van der Waals surface area (Å²) in [6.45, 7) is 4.40. The predicted octanol–water partition coefficient (Wildman–Crippen LogP) is 1.45. The van der Waals surface area contributed by atoms with Gasteiger partial charge in [-0.3, -0.25) is 4.79 Å². The van der Waals surface area contributed by atoms with Crippen LogP contribution in [0.2, 0.25) is 0 Å². The third-order valence-corrected chi connectivity index (χ3v) is 2.69. The Balaban J connectivity index is 2.55. The number of hydrogen-bond acceptors (Lipinski definition) is 3. The van der Waals surface area contributed by atoms with Crippen molar-refractivity contribution >= 4 is 5.91 Å². The van der Waals surface area contributed by atoms with Crippen molar-refractivity contribution in [2.75, 3.05) is 13.2 Å². The first-order chi connectivity index (χ1) is 8.04. The van der Waals surface area contributed by atoms with Gasteiger partial charge in [-0.05, 0) is 43.0 Å². The number of phenolic OH excluding ortho intramolecular Hbond substituents is 1. The molecule has 1 amide bonds. The zero-order valence-corrected chi connectivity index (χ0v) is 10.2. The van der Waals surface area contributed by atoms with Crippen LogP contribution in [-0.2, 0) is 0 Å². The minimum absolute atomic E-state index is 0.134. The summed E-state index contributed by atoms with van der Waals surface area (Å²) in [6, 6.07) is 4.76. The van der Waals surface area contributed by atoms with Crippen LogP contribution in [0.5, 0.6) is 5.75 Å². The Morgan fingerprint density at radius 1 is 1.47 bits per heavy atom. The average molecular weight is 237 g/mol. The number of hydrogen-bond donors (Lipinski definition) is 3. The smallest absolute Gasteiger partial charge is 0.251 e. The minimum Gasteiger partial charge on any atom is -0.508 e. The van der Waals surface area contributed by atoms with E-state index in [1.807, 2.05) is 6.92 Å². The number of aliphatic hydroxyl groups excluding tert-OH is 1. The van der Waals surface area contributed by atoms with E-state index in [1.54, 1.807) is 19.1 Å². The quantitative estimate of drug-likeness (QED) is 0.726. The second-order valence-corrected chi connectivity index (χ2v) is 4.33. The Labute approximate surface area is 101 Å². The summed E-state index contributed by atoms with van der Waals surface area (Å²) in [4.78, 5) is 11.8. The fourth-order valence-corrected chi connectivity index (χ4v) is 1.49. The topological polar surface area (TPSA) is 69.6 Å². The molecular weight excluding hydrogens is 218 g/mol. The van der Waals surface area contributed by atoms with Gasteiger partial charge in [0.1, 0.15) is 5.75 Å². The van der Waals surface area contributed by atoms with Crippen LogP contribution in [0.3, 0.4) is 0 Å². The molecule has 0 aliphatic heterocycles. The van der Waals surface area contributed by atoms with E-state index in [2.05, 4.69) is 5.32 Å². The van der Waals surface area contributed by atoms with Gasteiger partial charge in [0.25, 0.3) is 5.91 Å². The number of nitrogens with one attached hydrogen (secondary N) is 1. The molecule has 0 saturated carbocycles. The number of phenols is 1. The van der Waals surface area contributed by atoms with Gasteiger partial charge in [-0.25, -0.2) is 0 Å². The van der Waals surface area contributed by atoms with Gasteiger partial charge in [0.15, 0.2) is 0 Å². The number of carbonyl (C=O) groups excluding carboxylic acids is 1. The Kier molecular flexibility index (Phi) is 4.97. The molecule has 0 fully saturated rings. The maximum Gasteiger partial charge on any atom is 0.251 e. The van der Waals surface area contributed by atoms with E-state index in [0.717, 1.165) is 0 Å². The molecule has 17 heavy (non-hydrogen) atoms. The van der Waals surface area contributed by atoms with Gasteiger partial charge in [-0.2, -0.15) is 0 Å². The van der Waals surface area contributed by atoms with Crippen molar-refractivity contribution < 1.29 is 15.0 Å². The van der Waals surface area contributed by atoms with Crippen molar-refractivity contribution in [1.82, 2.24) is 5.32 Å². The molecule has 1 aromatic rings.